The van der Waals surface area contributed by atoms with E-state index in [1.165, 1.54) is 6.07 Å². The zero-order valence-electron chi connectivity index (χ0n) is 11.7. The third-order valence-electron chi connectivity index (χ3n) is 3.40. The first-order valence-corrected chi connectivity index (χ1v) is 7.42. The summed E-state index contributed by atoms with van der Waals surface area (Å²) < 4.78 is 19.3. The van der Waals surface area contributed by atoms with E-state index in [9.17, 15) is 4.39 Å². The third kappa shape index (κ3) is 4.11. The zero-order chi connectivity index (χ0) is 15.2. The number of hydrogen-bond donors (Lipinski definition) is 2. The Balaban J connectivity index is 2.19. The van der Waals surface area contributed by atoms with Crippen LogP contribution in [-0.2, 0) is 11.2 Å². The Labute approximate surface area is 132 Å². The summed E-state index contributed by atoms with van der Waals surface area (Å²) >= 11 is 3.20. The van der Waals surface area contributed by atoms with Crippen molar-refractivity contribution in [1.29, 1.82) is 0 Å². The average Bonchev–Trinajstić information content (AvgIpc) is 2.51. The van der Waals surface area contributed by atoms with Crippen molar-refractivity contribution in [2.75, 3.05) is 7.11 Å². The second-order valence-corrected chi connectivity index (χ2v) is 5.65. The summed E-state index contributed by atoms with van der Waals surface area (Å²) in [5.41, 5.74) is 4.82. The van der Waals surface area contributed by atoms with E-state index in [0.717, 1.165) is 11.1 Å². The van der Waals surface area contributed by atoms with Crippen molar-refractivity contribution in [3.05, 3.63) is 69.9 Å². The van der Waals surface area contributed by atoms with Gasteiger partial charge in [-0.3, -0.25) is 11.3 Å². The molecule has 0 aliphatic carbocycles. The Kier molecular flexibility index (Phi) is 5.87. The molecule has 21 heavy (non-hydrogen) atoms. The van der Waals surface area contributed by atoms with Gasteiger partial charge in [-0.2, -0.15) is 0 Å². The molecule has 0 saturated heterocycles. The standard InChI is InChI=1S/C16H18BrFN2O/c1-21-16(12-5-3-2-4-6-12)15(20-19)10-11-7-8-14(18)13(17)9-11/h2-9,15-16,20H,10,19H2,1H3. The van der Waals surface area contributed by atoms with Gasteiger partial charge in [0.25, 0.3) is 0 Å². The summed E-state index contributed by atoms with van der Waals surface area (Å²) in [7, 11) is 1.66. The molecule has 0 heterocycles. The molecule has 2 unspecified atom stereocenters. The number of rotatable bonds is 6. The molecular weight excluding hydrogens is 335 g/mol. The van der Waals surface area contributed by atoms with Crippen molar-refractivity contribution in [1.82, 2.24) is 5.43 Å². The lowest BCUT2D eigenvalue weighted by Gasteiger charge is -2.26. The Morgan fingerprint density at radius 3 is 2.52 bits per heavy atom. The van der Waals surface area contributed by atoms with E-state index in [1.807, 2.05) is 30.3 Å². The summed E-state index contributed by atoms with van der Waals surface area (Å²) in [5.74, 6) is 5.41. The summed E-state index contributed by atoms with van der Waals surface area (Å²) in [6.45, 7) is 0. The first-order chi connectivity index (χ1) is 10.2. The first kappa shape index (κ1) is 16.1. The lowest BCUT2D eigenvalue weighted by atomic mass is 9.96. The molecule has 0 aliphatic rings. The normalized spacial score (nSPS) is 13.9. The largest absolute Gasteiger partial charge is 0.375 e. The Morgan fingerprint density at radius 1 is 1.24 bits per heavy atom. The number of hydrazine groups is 1. The summed E-state index contributed by atoms with van der Waals surface area (Å²) in [4.78, 5) is 0. The monoisotopic (exact) mass is 352 g/mol. The van der Waals surface area contributed by atoms with E-state index in [4.69, 9.17) is 10.6 Å². The summed E-state index contributed by atoms with van der Waals surface area (Å²) in [5, 5.41) is 0. The first-order valence-electron chi connectivity index (χ1n) is 6.63. The van der Waals surface area contributed by atoms with Gasteiger partial charge in [0.05, 0.1) is 16.6 Å². The van der Waals surface area contributed by atoms with Gasteiger partial charge in [-0.05, 0) is 45.6 Å². The van der Waals surface area contributed by atoms with Crippen molar-refractivity contribution in [2.45, 2.75) is 18.6 Å². The zero-order valence-corrected chi connectivity index (χ0v) is 13.3. The maximum absolute atomic E-state index is 13.3. The fraction of sp³-hybridized carbons (Fsp3) is 0.250. The van der Waals surface area contributed by atoms with E-state index in [1.54, 1.807) is 19.2 Å². The van der Waals surface area contributed by atoms with Gasteiger partial charge in [0.2, 0.25) is 0 Å². The van der Waals surface area contributed by atoms with Crippen LogP contribution in [0.4, 0.5) is 4.39 Å². The highest BCUT2D eigenvalue weighted by atomic mass is 79.9. The molecular formula is C16H18BrFN2O. The third-order valence-corrected chi connectivity index (χ3v) is 4.01. The van der Waals surface area contributed by atoms with Crippen LogP contribution >= 0.6 is 15.9 Å². The van der Waals surface area contributed by atoms with Gasteiger partial charge in [-0.15, -0.1) is 0 Å². The summed E-state index contributed by atoms with van der Waals surface area (Å²) in [6, 6.07) is 14.7. The molecule has 0 fully saturated rings. The Hall–Kier alpha value is -1.27. The Bertz CT molecular complexity index is 580. The molecule has 0 aliphatic heterocycles. The van der Waals surface area contributed by atoms with Gasteiger partial charge in [-0.25, -0.2) is 4.39 Å². The predicted octanol–water partition coefficient (Wildman–Crippen LogP) is 3.35. The van der Waals surface area contributed by atoms with Crippen LogP contribution in [0.15, 0.2) is 53.0 Å². The second-order valence-electron chi connectivity index (χ2n) is 4.79. The predicted molar refractivity (Wildman–Crippen MR) is 85.1 cm³/mol. The van der Waals surface area contributed by atoms with Crippen LogP contribution in [-0.4, -0.2) is 13.2 Å². The van der Waals surface area contributed by atoms with Crippen molar-refractivity contribution in [3.63, 3.8) is 0 Å². The average molecular weight is 353 g/mol. The smallest absolute Gasteiger partial charge is 0.137 e. The fourth-order valence-corrected chi connectivity index (χ4v) is 2.78. The van der Waals surface area contributed by atoms with E-state index in [2.05, 4.69) is 21.4 Å². The van der Waals surface area contributed by atoms with Gasteiger partial charge in [0, 0.05) is 7.11 Å². The topological polar surface area (TPSA) is 47.3 Å². The van der Waals surface area contributed by atoms with E-state index >= 15 is 0 Å². The minimum Gasteiger partial charge on any atom is -0.375 e. The van der Waals surface area contributed by atoms with Crippen molar-refractivity contribution in [2.24, 2.45) is 5.84 Å². The number of nitrogens with two attached hydrogens (primary N) is 1. The molecule has 5 heteroatoms. The molecule has 0 amide bonds. The maximum Gasteiger partial charge on any atom is 0.137 e. The number of nitrogens with one attached hydrogen (secondary N) is 1. The number of methoxy groups -OCH3 is 1. The molecule has 3 nitrogen and oxygen atoms in total. The quantitative estimate of drug-likeness (QED) is 0.619. The van der Waals surface area contributed by atoms with Crippen LogP contribution in [0.1, 0.15) is 17.2 Å². The van der Waals surface area contributed by atoms with Crippen LogP contribution in [0.25, 0.3) is 0 Å². The number of hydrogen-bond acceptors (Lipinski definition) is 3. The van der Waals surface area contributed by atoms with Crippen molar-refractivity contribution < 1.29 is 9.13 Å². The number of benzene rings is 2. The molecule has 0 radical (unpaired) electrons. The number of halogens is 2. The molecule has 0 saturated carbocycles. The van der Waals surface area contributed by atoms with Gasteiger partial charge >= 0.3 is 0 Å². The lowest BCUT2D eigenvalue weighted by Crippen LogP contribution is -2.42. The molecule has 0 spiro atoms. The minimum atomic E-state index is -0.276. The van der Waals surface area contributed by atoms with E-state index in [0.29, 0.717) is 10.9 Å². The molecule has 2 aromatic carbocycles. The van der Waals surface area contributed by atoms with Gasteiger partial charge in [-0.1, -0.05) is 36.4 Å². The maximum atomic E-state index is 13.3. The molecule has 2 aromatic rings. The van der Waals surface area contributed by atoms with Crippen molar-refractivity contribution >= 4 is 15.9 Å². The van der Waals surface area contributed by atoms with Crippen LogP contribution in [0.2, 0.25) is 0 Å². The van der Waals surface area contributed by atoms with Gasteiger partial charge < -0.3 is 4.74 Å². The Morgan fingerprint density at radius 2 is 1.95 bits per heavy atom. The highest BCUT2D eigenvalue weighted by molar-refractivity contribution is 9.10. The molecule has 0 aromatic heterocycles. The van der Waals surface area contributed by atoms with Crippen LogP contribution in [0.3, 0.4) is 0 Å². The lowest BCUT2D eigenvalue weighted by molar-refractivity contribution is 0.0678. The number of ether oxygens (including phenoxy) is 1. The molecule has 3 N–H and O–H groups in total. The highest BCUT2D eigenvalue weighted by Gasteiger charge is 2.22. The van der Waals surface area contributed by atoms with Gasteiger partial charge in [0.15, 0.2) is 0 Å². The second kappa shape index (κ2) is 7.66. The molecule has 112 valence electrons. The molecule has 0 bridgehead atoms. The van der Waals surface area contributed by atoms with E-state index in [-0.39, 0.29) is 18.0 Å². The molecule has 2 atom stereocenters. The fourth-order valence-electron chi connectivity index (χ4n) is 2.35. The van der Waals surface area contributed by atoms with Crippen LogP contribution in [0.5, 0.6) is 0 Å². The van der Waals surface area contributed by atoms with E-state index < -0.39 is 0 Å². The highest BCUT2D eigenvalue weighted by Crippen LogP contribution is 2.24. The SMILES string of the molecule is COC(c1ccccc1)C(Cc1ccc(F)c(Br)c1)NN. The minimum absolute atomic E-state index is 0.116. The molecule has 2 rings (SSSR count). The summed E-state index contributed by atoms with van der Waals surface area (Å²) in [6.07, 6.45) is 0.447. The van der Waals surface area contributed by atoms with Crippen molar-refractivity contribution in [3.8, 4) is 0 Å². The van der Waals surface area contributed by atoms with Crippen LogP contribution < -0.4 is 11.3 Å². The van der Waals surface area contributed by atoms with Crippen LogP contribution in [0, 0.1) is 5.82 Å². The van der Waals surface area contributed by atoms with Gasteiger partial charge in [0.1, 0.15) is 5.82 Å².